The Morgan fingerprint density at radius 2 is 2.36 bits per heavy atom. The van der Waals surface area contributed by atoms with E-state index >= 15 is 0 Å². The van der Waals surface area contributed by atoms with Crippen LogP contribution in [-0.2, 0) is 4.79 Å². The first-order valence-electron chi connectivity index (χ1n) is 3.05. The average molecular weight is 376 g/mol. The third kappa shape index (κ3) is 2.73. The Hall–Kier alpha value is 0.410. The summed E-state index contributed by atoms with van der Waals surface area (Å²) in [6.07, 6.45) is 4.46. The Bertz CT molecular complexity index is 243. The minimum Gasteiger partial charge on any atom is -0.478 e. The molecule has 4 heteroatoms. The first-order valence-corrected chi connectivity index (χ1v) is 5.37. The number of aliphatic carboxylic acids is 1. The van der Waals surface area contributed by atoms with Gasteiger partial charge in [-0.2, -0.15) is 0 Å². The van der Waals surface area contributed by atoms with Crippen LogP contribution in [0.4, 0.5) is 0 Å². The minimum absolute atomic E-state index is 0.329. The SMILES string of the molecule is O=C(O)C1=CC(I)CC(I)=C1. The van der Waals surface area contributed by atoms with E-state index in [1.165, 1.54) is 0 Å². The molecule has 0 aromatic carbocycles. The van der Waals surface area contributed by atoms with Gasteiger partial charge in [-0.15, -0.1) is 0 Å². The standard InChI is InChI=1S/C7H6I2O2/c8-5-1-4(7(10)11)2-6(9)3-5/h1-2,5H,3H2,(H,10,11). The van der Waals surface area contributed by atoms with E-state index in [1.54, 1.807) is 12.2 Å². The highest BCUT2D eigenvalue weighted by atomic mass is 127. The molecule has 0 heterocycles. The van der Waals surface area contributed by atoms with Crippen LogP contribution < -0.4 is 0 Å². The molecular formula is C7H6I2O2. The summed E-state index contributed by atoms with van der Waals surface area (Å²) in [4.78, 5) is 10.5. The fraction of sp³-hybridized carbons (Fsp3) is 0.286. The lowest BCUT2D eigenvalue weighted by Gasteiger charge is -2.10. The van der Waals surface area contributed by atoms with Crippen LogP contribution in [0.25, 0.3) is 0 Å². The molecule has 1 aliphatic carbocycles. The number of carboxylic acid groups (broad SMARTS) is 1. The number of allylic oxidation sites excluding steroid dienone is 2. The quantitative estimate of drug-likeness (QED) is 0.565. The largest absolute Gasteiger partial charge is 0.478 e. The Labute approximate surface area is 92.0 Å². The summed E-state index contributed by atoms with van der Waals surface area (Å²) in [6, 6.07) is 0. The summed E-state index contributed by atoms with van der Waals surface area (Å²) in [7, 11) is 0. The first kappa shape index (κ1) is 9.50. The van der Waals surface area contributed by atoms with Crippen molar-refractivity contribution in [3.8, 4) is 0 Å². The lowest BCUT2D eigenvalue weighted by atomic mass is 10.1. The van der Waals surface area contributed by atoms with E-state index in [0.29, 0.717) is 9.50 Å². The summed E-state index contributed by atoms with van der Waals surface area (Å²) in [5.74, 6) is -0.833. The number of alkyl halides is 1. The Kier molecular flexibility index (Phi) is 3.35. The summed E-state index contributed by atoms with van der Waals surface area (Å²) in [6.45, 7) is 0. The van der Waals surface area contributed by atoms with Crippen LogP contribution in [0.5, 0.6) is 0 Å². The van der Waals surface area contributed by atoms with Gasteiger partial charge in [-0.3, -0.25) is 0 Å². The molecule has 0 amide bonds. The molecule has 0 saturated carbocycles. The Balaban J connectivity index is 2.87. The molecule has 1 rings (SSSR count). The molecule has 1 N–H and O–H groups in total. The molecule has 1 atom stereocenters. The van der Waals surface area contributed by atoms with Crippen LogP contribution in [-0.4, -0.2) is 15.0 Å². The Morgan fingerprint density at radius 1 is 1.73 bits per heavy atom. The van der Waals surface area contributed by atoms with Gasteiger partial charge in [0.15, 0.2) is 0 Å². The molecule has 0 radical (unpaired) electrons. The molecule has 60 valence electrons. The zero-order valence-electron chi connectivity index (χ0n) is 5.55. The van der Waals surface area contributed by atoms with Crippen LogP contribution in [0.1, 0.15) is 6.42 Å². The van der Waals surface area contributed by atoms with Crippen molar-refractivity contribution in [2.45, 2.75) is 10.3 Å². The predicted octanol–water partition coefficient (Wildman–Crippen LogP) is 2.52. The van der Waals surface area contributed by atoms with Gasteiger partial charge in [0.2, 0.25) is 0 Å². The maximum Gasteiger partial charge on any atom is 0.335 e. The van der Waals surface area contributed by atoms with Gasteiger partial charge in [0, 0.05) is 3.92 Å². The van der Waals surface area contributed by atoms with E-state index in [2.05, 4.69) is 45.2 Å². The number of hydrogen-bond donors (Lipinski definition) is 1. The molecule has 1 aliphatic rings. The van der Waals surface area contributed by atoms with E-state index in [4.69, 9.17) is 5.11 Å². The second-order valence-electron chi connectivity index (χ2n) is 2.24. The molecule has 1 unspecified atom stereocenters. The first-order chi connectivity index (χ1) is 5.09. The topological polar surface area (TPSA) is 37.3 Å². The summed E-state index contributed by atoms with van der Waals surface area (Å²) in [5, 5.41) is 8.65. The van der Waals surface area contributed by atoms with E-state index in [0.717, 1.165) is 10.0 Å². The fourth-order valence-electron chi connectivity index (χ4n) is 0.849. The van der Waals surface area contributed by atoms with Crippen LogP contribution in [0.15, 0.2) is 21.3 Å². The van der Waals surface area contributed by atoms with E-state index < -0.39 is 5.97 Å². The number of rotatable bonds is 1. The van der Waals surface area contributed by atoms with Crippen molar-refractivity contribution in [3.63, 3.8) is 0 Å². The Morgan fingerprint density at radius 3 is 2.82 bits per heavy atom. The number of carboxylic acids is 1. The monoisotopic (exact) mass is 376 g/mol. The summed E-state index contributed by atoms with van der Waals surface area (Å²) >= 11 is 4.41. The van der Waals surface area contributed by atoms with Gasteiger partial charge in [0.05, 0.1) is 5.57 Å². The van der Waals surface area contributed by atoms with Gasteiger partial charge in [0.25, 0.3) is 0 Å². The lowest BCUT2D eigenvalue weighted by Crippen LogP contribution is -2.07. The summed E-state index contributed by atoms with van der Waals surface area (Å²) in [5.41, 5.74) is 0.417. The van der Waals surface area contributed by atoms with Gasteiger partial charge in [0.1, 0.15) is 0 Å². The molecular weight excluding hydrogens is 370 g/mol. The normalized spacial score (nSPS) is 24.0. The molecule has 0 fully saturated rings. The molecule has 2 nitrogen and oxygen atoms in total. The second kappa shape index (κ2) is 3.88. The smallest absolute Gasteiger partial charge is 0.335 e. The van der Waals surface area contributed by atoms with Gasteiger partial charge in [-0.1, -0.05) is 28.7 Å². The van der Waals surface area contributed by atoms with E-state index in [9.17, 15) is 4.79 Å². The molecule has 0 spiro atoms. The average Bonchev–Trinajstić information content (AvgIpc) is 1.85. The maximum atomic E-state index is 10.5. The minimum atomic E-state index is -0.833. The highest BCUT2D eigenvalue weighted by molar-refractivity contribution is 14.1. The number of hydrogen-bond acceptors (Lipinski definition) is 1. The van der Waals surface area contributed by atoms with Gasteiger partial charge >= 0.3 is 5.97 Å². The molecule has 11 heavy (non-hydrogen) atoms. The van der Waals surface area contributed by atoms with Crippen LogP contribution in [0.3, 0.4) is 0 Å². The zero-order chi connectivity index (χ0) is 8.43. The highest BCUT2D eigenvalue weighted by Gasteiger charge is 2.14. The van der Waals surface area contributed by atoms with Gasteiger partial charge < -0.3 is 5.11 Å². The maximum absolute atomic E-state index is 10.5. The number of halogens is 2. The van der Waals surface area contributed by atoms with Crippen LogP contribution in [0.2, 0.25) is 0 Å². The van der Waals surface area contributed by atoms with Crippen molar-refractivity contribution < 1.29 is 9.90 Å². The van der Waals surface area contributed by atoms with Crippen molar-refractivity contribution in [2.75, 3.05) is 0 Å². The van der Waals surface area contributed by atoms with Crippen molar-refractivity contribution in [1.82, 2.24) is 0 Å². The van der Waals surface area contributed by atoms with Crippen molar-refractivity contribution in [3.05, 3.63) is 21.3 Å². The molecule has 0 aromatic heterocycles. The molecule has 0 aromatic rings. The predicted molar refractivity (Wildman–Crippen MR) is 60.2 cm³/mol. The number of carbonyl (C=O) groups is 1. The van der Waals surface area contributed by atoms with Crippen molar-refractivity contribution in [1.29, 1.82) is 0 Å². The van der Waals surface area contributed by atoms with Gasteiger partial charge in [-0.05, 0) is 38.7 Å². The van der Waals surface area contributed by atoms with Crippen LogP contribution in [0, 0.1) is 0 Å². The zero-order valence-corrected chi connectivity index (χ0v) is 9.87. The van der Waals surface area contributed by atoms with Crippen molar-refractivity contribution >= 4 is 51.2 Å². The molecule has 0 aliphatic heterocycles. The second-order valence-corrected chi connectivity index (χ2v) is 5.22. The third-order valence-corrected chi connectivity index (χ3v) is 2.86. The highest BCUT2D eigenvalue weighted by Crippen LogP contribution is 2.27. The third-order valence-electron chi connectivity index (χ3n) is 1.31. The fourth-order valence-corrected chi connectivity index (χ4v) is 3.36. The van der Waals surface area contributed by atoms with E-state index in [1.807, 2.05) is 0 Å². The van der Waals surface area contributed by atoms with Gasteiger partial charge in [-0.25, -0.2) is 4.79 Å². The lowest BCUT2D eigenvalue weighted by molar-refractivity contribution is -0.132. The summed E-state index contributed by atoms with van der Waals surface area (Å²) < 4.78 is 1.44. The molecule has 0 bridgehead atoms. The molecule has 0 saturated heterocycles. The van der Waals surface area contributed by atoms with Crippen LogP contribution >= 0.6 is 45.2 Å². The van der Waals surface area contributed by atoms with E-state index in [-0.39, 0.29) is 0 Å². The van der Waals surface area contributed by atoms with Crippen molar-refractivity contribution in [2.24, 2.45) is 0 Å².